The van der Waals surface area contributed by atoms with E-state index >= 15 is 0 Å². The van der Waals surface area contributed by atoms with Crippen LogP contribution < -0.4 is 0 Å². The third-order valence-electron chi connectivity index (χ3n) is 5.07. The molecular formula is C21H40F2O2. The molecule has 0 aromatic heterocycles. The van der Waals surface area contributed by atoms with Gasteiger partial charge in [-0.25, -0.2) is 8.78 Å². The van der Waals surface area contributed by atoms with Crippen LogP contribution in [0.1, 0.15) is 111 Å². The number of carbonyl (C=O) groups excluding carboxylic acids is 1. The fourth-order valence-electron chi connectivity index (χ4n) is 3.38. The standard InChI is InChI=1S/C14H24F2O2.C7H16/c1-2-3-10-14(15,16)13(18-11-17)9-8-12-6-4-5-7-12;1-3-5-7-6-4-2/h11-13H,2-10H2,1H3;3-7H2,1-2H3. The minimum Gasteiger partial charge on any atom is -0.458 e. The molecule has 1 saturated carbocycles. The van der Waals surface area contributed by atoms with Gasteiger partial charge in [-0.15, -0.1) is 0 Å². The molecule has 0 spiro atoms. The Kier molecular flexibility index (Phi) is 15.2. The van der Waals surface area contributed by atoms with E-state index in [0.29, 0.717) is 18.8 Å². The summed E-state index contributed by atoms with van der Waals surface area (Å²) >= 11 is 0. The molecule has 0 heterocycles. The first-order chi connectivity index (χ1) is 12.0. The first-order valence-electron chi connectivity index (χ1n) is 10.5. The minimum atomic E-state index is -2.88. The number of hydrogen-bond donors (Lipinski definition) is 0. The van der Waals surface area contributed by atoms with Crippen molar-refractivity contribution in [3.8, 4) is 0 Å². The molecule has 1 aliphatic carbocycles. The highest BCUT2D eigenvalue weighted by molar-refractivity contribution is 5.37. The first kappa shape index (κ1) is 24.3. The maximum atomic E-state index is 13.9. The Labute approximate surface area is 154 Å². The van der Waals surface area contributed by atoms with Crippen molar-refractivity contribution in [3.63, 3.8) is 0 Å². The Morgan fingerprint density at radius 2 is 1.56 bits per heavy atom. The lowest BCUT2D eigenvalue weighted by molar-refractivity contribution is -0.163. The maximum Gasteiger partial charge on any atom is 0.293 e. The lowest BCUT2D eigenvalue weighted by Crippen LogP contribution is -2.36. The minimum absolute atomic E-state index is 0.166. The molecule has 1 fully saturated rings. The zero-order valence-electron chi connectivity index (χ0n) is 16.7. The third-order valence-corrected chi connectivity index (χ3v) is 5.07. The van der Waals surface area contributed by atoms with Gasteiger partial charge in [0.15, 0.2) is 6.10 Å². The maximum absolute atomic E-state index is 13.9. The lowest BCUT2D eigenvalue weighted by Gasteiger charge is -2.26. The van der Waals surface area contributed by atoms with E-state index in [9.17, 15) is 13.6 Å². The molecule has 0 radical (unpaired) electrons. The van der Waals surface area contributed by atoms with Gasteiger partial charge in [-0.2, -0.15) is 0 Å². The Morgan fingerprint density at radius 3 is 2.04 bits per heavy atom. The predicted octanol–water partition coefficient (Wildman–Crippen LogP) is 7.30. The Morgan fingerprint density at radius 1 is 1.00 bits per heavy atom. The summed E-state index contributed by atoms with van der Waals surface area (Å²) in [7, 11) is 0. The first-order valence-corrected chi connectivity index (χ1v) is 10.5. The van der Waals surface area contributed by atoms with E-state index in [4.69, 9.17) is 0 Å². The fraction of sp³-hybridized carbons (Fsp3) is 0.952. The molecule has 1 unspecified atom stereocenters. The summed E-state index contributed by atoms with van der Waals surface area (Å²) in [4.78, 5) is 10.4. The molecule has 4 heteroatoms. The van der Waals surface area contributed by atoms with Crippen molar-refractivity contribution in [2.45, 2.75) is 123 Å². The highest BCUT2D eigenvalue weighted by Gasteiger charge is 2.40. The largest absolute Gasteiger partial charge is 0.458 e. The van der Waals surface area contributed by atoms with Crippen molar-refractivity contribution in [1.82, 2.24) is 0 Å². The van der Waals surface area contributed by atoms with Gasteiger partial charge in [0.05, 0.1) is 0 Å². The molecule has 0 N–H and O–H groups in total. The van der Waals surface area contributed by atoms with Crippen LogP contribution in [0.25, 0.3) is 0 Å². The average molecular weight is 363 g/mol. The lowest BCUT2D eigenvalue weighted by atomic mass is 9.95. The SMILES string of the molecule is CCCCC(F)(F)C(CCC1CCCC1)OC=O.CCCCCCC. The van der Waals surface area contributed by atoms with Gasteiger partial charge in [0.1, 0.15) is 0 Å². The Balaban J connectivity index is 0.000000697. The van der Waals surface area contributed by atoms with E-state index in [0.717, 1.165) is 25.7 Å². The van der Waals surface area contributed by atoms with Gasteiger partial charge < -0.3 is 4.74 Å². The molecule has 1 atom stereocenters. The molecule has 0 aromatic carbocycles. The fourth-order valence-corrected chi connectivity index (χ4v) is 3.38. The van der Waals surface area contributed by atoms with Crippen LogP contribution in [-0.4, -0.2) is 18.5 Å². The van der Waals surface area contributed by atoms with E-state index in [1.54, 1.807) is 0 Å². The summed E-state index contributed by atoms with van der Waals surface area (Å²) in [5.74, 6) is -2.33. The second-order valence-electron chi connectivity index (χ2n) is 7.37. The number of carbonyl (C=O) groups is 1. The second-order valence-corrected chi connectivity index (χ2v) is 7.37. The topological polar surface area (TPSA) is 26.3 Å². The molecule has 0 saturated heterocycles. The van der Waals surface area contributed by atoms with Gasteiger partial charge in [-0.3, -0.25) is 4.79 Å². The predicted molar refractivity (Wildman–Crippen MR) is 101 cm³/mol. The molecule has 1 rings (SSSR count). The van der Waals surface area contributed by atoms with Gasteiger partial charge >= 0.3 is 0 Å². The second kappa shape index (κ2) is 15.6. The average Bonchev–Trinajstić information content (AvgIpc) is 3.11. The van der Waals surface area contributed by atoms with Crippen molar-refractivity contribution in [2.24, 2.45) is 5.92 Å². The van der Waals surface area contributed by atoms with Crippen LogP contribution in [0.5, 0.6) is 0 Å². The van der Waals surface area contributed by atoms with Crippen molar-refractivity contribution in [3.05, 3.63) is 0 Å². The normalized spacial score (nSPS) is 16.2. The zero-order valence-corrected chi connectivity index (χ0v) is 16.7. The van der Waals surface area contributed by atoms with E-state index in [2.05, 4.69) is 18.6 Å². The molecule has 2 nitrogen and oxygen atoms in total. The summed E-state index contributed by atoms with van der Waals surface area (Å²) in [6.45, 7) is 6.54. The number of unbranched alkanes of at least 4 members (excludes halogenated alkanes) is 5. The molecule has 150 valence electrons. The number of halogens is 2. The van der Waals surface area contributed by atoms with E-state index in [1.807, 2.05) is 6.92 Å². The molecule has 0 amide bonds. The van der Waals surface area contributed by atoms with Gasteiger partial charge in [-0.05, 0) is 25.2 Å². The van der Waals surface area contributed by atoms with Crippen LogP contribution in [0.2, 0.25) is 0 Å². The van der Waals surface area contributed by atoms with Crippen LogP contribution in [0.3, 0.4) is 0 Å². The van der Waals surface area contributed by atoms with Crippen LogP contribution in [0.4, 0.5) is 8.78 Å². The van der Waals surface area contributed by atoms with Gasteiger partial charge in [0.2, 0.25) is 0 Å². The van der Waals surface area contributed by atoms with Crippen molar-refractivity contribution >= 4 is 6.47 Å². The smallest absolute Gasteiger partial charge is 0.293 e. The number of ether oxygens (including phenoxy) is 1. The zero-order chi connectivity index (χ0) is 19.0. The summed E-state index contributed by atoms with van der Waals surface area (Å²) in [5.41, 5.74) is 0. The summed E-state index contributed by atoms with van der Waals surface area (Å²) in [6.07, 6.45) is 12.5. The van der Waals surface area contributed by atoms with Crippen molar-refractivity contribution < 1.29 is 18.3 Å². The molecule has 25 heavy (non-hydrogen) atoms. The highest BCUT2D eigenvalue weighted by Crippen LogP contribution is 2.34. The molecule has 0 aromatic rings. The Hall–Kier alpha value is -0.670. The monoisotopic (exact) mass is 362 g/mol. The van der Waals surface area contributed by atoms with Gasteiger partial charge in [0.25, 0.3) is 12.4 Å². The van der Waals surface area contributed by atoms with Crippen LogP contribution >= 0.6 is 0 Å². The quantitative estimate of drug-likeness (QED) is 0.254. The molecular weight excluding hydrogens is 322 g/mol. The molecule has 0 aliphatic heterocycles. The highest BCUT2D eigenvalue weighted by atomic mass is 19.3. The summed E-state index contributed by atoms with van der Waals surface area (Å²) in [6, 6.07) is 0. The van der Waals surface area contributed by atoms with Crippen LogP contribution in [0, 0.1) is 5.92 Å². The van der Waals surface area contributed by atoms with E-state index in [-0.39, 0.29) is 12.9 Å². The van der Waals surface area contributed by atoms with E-state index < -0.39 is 12.0 Å². The van der Waals surface area contributed by atoms with Gasteiger partial charge in [-0.1, -0.05) is 85.0 Å². The van der Waals surface area contributed by atoms with E-state index in [1.165, 1.54) is 44.9 Å². The molecule has 1 aliphatic rings. The number of rotatable bonds is 13. The van der Waals surface area contributed by atoms with Crippen molar-refractivity contribution in [2.75, 3.05) is 0 Å². The van der Waals surface area contributed by atoms with Crippen molar-refractivity contribution in [1.29, 1.82) is 0 Å². The summed E-state index contributed by atoms with van der Waals surface area (Å²) < 4.78 is 32.3. The summed E-state index contributed by atoms with van der Waals surface area (Å²) in [5, 5.41) is 0. The third kappa shape index (κ3) is 12.3. The molecule has 0 bridgehead atoms. The van der Waals surface area contributed by atoms with Crippen LogP contribution in [-0.2, 0) is 9.53 Å². The number of alkyl halides is 2. The van der Waals surface area contributed by atoms with Gasteiger partial charge in [0, 0.05) is 6.42 Å². The van der Waals surface area contributed by atoms with Crippen LogP contribution in [0.15, 0.2) is 0 Å². The Bertz CT molecular complexity index is 298. The number of hydrogen-bond acceptors (Lipinski definition) is 2.